The molecule has 206 valence electrons. The molecule has 0 aromatic heterocycles. The normalized spacial score (nSPS) is 12.1. The summed E-state index contributed by atoms with van der Waals surface area (Å²) < 4.78 is 29.1. The van der Waals surface area contributed by atoms with Gasteiger partial charge in [0.1, 0.15) is 0 Å². The van der Waals surface area contributed by atoms with Gasteiger partial charge in [0.25, 0.3) is 0 Å². The number of unbranched alkanes of at least 4 members (excludes halogenated alkanes) is 3. The van der Waals surface area contributed by atoms with E-state index in [2.05, 4.69) is 51.1 Å². The minimum absolute atomic E-state index is 0.613. The quantitative estimate of drug-likeness (QED) is 0.110. The van der Waals surface area contributed by atoms with Crippen molar-refractivity contribution in [1.29, 1.82) is 0 Å². The van der Waals surface area contributed by atoms with Gasteiger partial charge in [0.2, 0.25) is 0 Å². The summed E-state index contributed by atoms with van der Waals surface area (Å²) in [6.07, 6.45) is 10.2. The van der Waals surface area contributed by atoms with E-state index in [0.29, 0.717) is 19.8 Å². The average molecular weight is 617 g/mol. The Morgan fingerprint density at radius 1 is 0.649 bits per heavy atom. The fraction of sp³-hybridized carbons (Fsp3) is 0.562. The van der Waals surface area contributed by atoms with Gasteiger partial charge in [-0.05, 0) is 0 Å². The maximum atomic E-state index is 6.42. The first-order chi connectivity index (χ1) is 18.1. The molecule has 0 N–H and O–H groups in total. The molecule has 0 bridgehead atoms. The Morgan fingerprint density at radius 3 is 1.49 bits per heavy atom. The van der Waals surface area contributed by atoms with E-state index in [1.165, 1.54) is 63.0 Å². The topological polar surface area (TPSA) is 36.9 Å². The fourth-order valence-electron chi connectivity index (χ4n) is 4.89. The van der Waals surface area contributed by atoms with Crippen LogP contribution in [0, 0.1) is 0 Å². The van der Waals surface area contributed by atoms with E-state index in [-0.39, 0.29) is 0 Å². The number of methoxy groups -OCH3 is 2. The van der Waals surface area contributed by atoms with E-state index >= 15 is 0 Å². The van der Waals surface area contributed by atoms with Crippen LogP contribution in [0.15, 0.2) is 58.2 Å². The van der Waals surface area contributed by atoms with Gasteiger partial charge in [0.05, 0.1) is 0 Å². The summed E-state index contributed by atoms with van der Waals surface area (Å²) in [5.41, 5.74) is 2.36. The molecule has 0 radical (unpaired) electrons. The van der Waals surface area contributed by atoms with Gasteiger partial charge in [-0.15, -0.1) is 0 Å². The SMILES string of the molecule is CCC[CH2][Sn]([CH2]CCC)([CH2]CCC)/[C](=C/COCc1ccc(OC)cc1)COCc1ccc(OC)cc1. The van der Waals surface area contributed by atoms with E-state index in [1.807, 2.05) is 24.3 Å². The summed E-state index contributed by atoms with van der Waals surface area (Å²) in [5, 5.41) is 0. The fourth-order valence-corrected chi connectivity index (χ4v) is 21.2. The van der Waals surface area contributed by atoms with Crippen LogP contribution >= 0.6 is 0 Å². The minimum atomic E-state index is -2.61. The van der Waals surface area contributed by atoms with Crippen LogP contribution in [0.1, 0.15) is 70.4 Å². The van der Waals surface area contributed by atoms with E-state index in [9.17, 15) is 0 Å². The number of rotatable bonds is 20. The van der Waals surface area contributed by atoms with Crippen LogP contribution in [-0.2, 0) is 22.7 Å². The van der Waals surface area contributed by atoms with Crippen molar-refractivity contribution in [3.8, 4) is 11.5 Å². The molecular weight excluding hydrogens is 567 g/mol. The Balaban J connectivity index is 2.17. The molecule has 0 spiro atoms. The van der Waals surface area contributed by atoms with Crippen LogP contribution in [0.2, 0.25) is 13.3 Å². The first kappa shape index (κ1) is 31.7. The van der Waals surface area contributed by atoms with Crippen LogP contribution in [0.25, 0.3) is 0 Å². The average Bonchev–Trinajstić information content (AvgIpc) is 2.95. The van der Waals surface area contributed by atoms with Gasteiger partial charge in [0.15, 0.2) is 0 Å². The van der Waals surface area contributed by atoms with Crippen LogP contribution in [0.4, 0.5) is 0 Å². The summed E-state index contributed by atoms with van der Waals surface area (Å²) in [5.74, 6) is 1.76. The molecule has 0 fully saturated rings. The molecule has 0 aliphatic heterocycles. The Morgan fingerprint density at radius 2 is 1.08 bits per heavy atom. The van der Waals surface area contributed by atoms with Crippen LogP contribution in [-0.4, -0.2) is 45.8 Å². The standard InChI is InChI=1S/C20H23O4.3C4H9.Sn/c1-21-19-9-5-17(6-10-19)15-23-13-3-4-14-24-16-18-7-11-20(22-2)12-8-18;3*1-3-4-2;/h3,5-12H,13-16H2,1-2H3;3*1,3-4H2,2H3;. The molecule has 4 nitrogen and oxygen atoms in total. The molecule has 37 heavy (non-hydrogen) atoms. The maximum absolute atomic E-state index is 6.42. The predicted octanol–water partition coefficient (Wildman–Crippen LogP) is 8.75. The van der Waals surface area contributed by atoms with Crippen molar-refractivity contribution >= 4 is 18.4 Å². The monoisotopic (exact) mass is 618 g/mol. The third kappa shape index (κ3) is 11.4. The van der Waals surface area contributed by atoms with Crippen molar-refractivity contribution in [2.45, 2.75) is 85.8 Å². The van der Waals surface area contributed by atoms with Crippen molar-refractivity contribution < 1.29 is 18.9 Å². The second kappa shape index (κ2) is 18.7. The number of hydrogen-bond donors (Lipinski definition) is 0. The first-order valence-corrected chi connectivity index (χ1v) is 21.7. The zero-order chi connectivity index (χ0) is 26.8. The summed E-state index contributed by atoms with van der Waals surface area (Å²) in [6, 6.07) is 16.4. The Kier molecular flexibility index (Phi) is 16.0. The molecule has 2 aromatic carbocycles. The van der Waals surface area contributed by atoms with Gasteiger partial charge in [-0.2, -0.15) is 0 Å². The molecule has 0 saturated carbocycles. The zero-order valence-electron chi connectivity index (χ0n) is 24.0. The summed E-state index contributed by atoms with van der Waals surface area (Å²) in [6.45, 7) is 9.63. The zero-order valence-corrected chi connectivity index (χ0v) is 26.9. The van der Waals surface area contributed by atoms with Crippen molar-refractivity contribution in [2.24, 2.45) is 0 Å². The van der Waals surface area contributed by atoms with E-state index in [1.54, 1.807) is 17.8 Å². The van der Waals surface area contributed by atoms with Gasteiger partial charge in [0, 0.05) is 0 Å². The number of ether oxygens (including phenoxy) is 4. The molecule has 0 atom stereocenters. The van der Waals surface area contributed by atoms with Crippen molar-refractivity contribution in [1.82, 2.24) is 0 Å². The number of benzene rings is 2. The van der Waals surface area contributed by atoms with Gasteiger partial charge in [-0.25, -0.2) is 0 Å². The number of hydrogen-bond acceptors (Lipinski definition) is 4. The van der Waals surface area contributed by atoms with E-state index in [4.69, 9.17) is 18.9 Å². The molecule has 5 heteroatoms. The predicted molar refractivity (Wildman–Crippen MR) is 158 cm³/mol. The third-order valence-corrected chi connectivity index (χ3v) is 23.4. The van der Waals surface area contributed by atoms with E-state index < -0.39 is 18.4 Å². The Bertz CT molecular complexity index is 855. The summed E-state index contributed by atoms with van der Waals surface area (Å²) >= 11 is -2.61. The van der Waals surface area contributed by atoms with Crippen LogP contribution in [0.5, 0.6) is 11.5 Å². The molecule has 2 rings (SSSR count). The van der Waals surface area contributed by atoms with Crippen molar-refractivity contribution in [3.05, 3.63) is 69.3 Å². The molecule has 0 aliphatic rings. The van der Waals surface area contributed by atoms with Gasteiger partial charge >= 0.3 is 231 Å². The van der Waals surface area contributed by atoms with Gasteiger partial charge in [-0.1, -0.05) is 0 Å². The molecule has 0 saturated heterocycles. The van der Waals surface area contributed by atoms with Crippen LogP contribution < -0.4 is 9.47 Å². The summed E-state index contributed by atoms with van der Waals surface area (Å²) in [4.78, 5) is 0. The van der Waals surface area contributed by atoms with E-state index in [0.717, 1.165) is 18.1 Å². The first-order valence-electron chi connectivity index (χ1n) is 14.2. The molecule has 0 aliphatic carbocycles. The molecule has 2 aromatic rings. The second-order valence-electron chi connectivity index (χ2n) is 10.0. The summed E-state index contributed by atoms with van der Waals surface area (Å²) in [7, 11) is 3.40. The van der Waals surface area contributed by atoms with Crippen molar-refractivity contribution in [2.75, 3.05) is 27.4 Å². The van der Waals surface area contributed by atoms with Crippen molar-refractivity contribution in [3.63, 3.8) is 0 Å². The second-order valence-corrected chi connectivity index (χ2v) is 23.4. The molecule has 0 heterocycles. The Hall–Kier alpha value is -1.50. The molecular formula is C32H50O4Sn. The molecule has 0 unspecified atom stereocenters. The Labute approximate surface area is 230 Å². The van der Waals surface area contributed by atoms with Gasteiger partial charge < -0.3 is 0 Å². The molecule has 0 amide bonds. The van der Waals surface area contributed by atoms with Gasteiger partial charge in [-0.3, -0.25) is 0 Å². The third-order valence-electron chi connectivity index (χ3n) is 7.27. The van der Waals surface area contributed by atoms with Crippen LogP contribution in [0.3, 0.4) is 0 Å².